The number of carbonyl (C=O) groups is 2. The molecule has 2 aromatic carbocycles. The van der Waals surface area contributed by atoms with E-state index in [2.05, 4.69) is 17.6 Å². The summed E-state index contributed by atoms with van der Waals surface area (Å²) in [5.74, 6) is -1.22. The predicted octanol–water partition coefficient (Wildman–Crippen LogP) is 5.79. The third-order valence-corrected chi connectivity index (χ3v) is 5.34. The van der Waals surface area contributed by atoms with Crippen LogP contribution >= 0.6 is 0 Å². The van der Waals surface area contributed by atoms with E-state index >= 15 is 0 Å². The molecule has 0 aromatic heterocycles. The summed E-state index contributed by atoms with van der Waals surface area (Å²) in [5, 5.41) is 14.6. The number of amides is 2. The van der Waals surface area contributed by atoms with Crippen LogP contribution in [0.25, 0.3) is 0 Å². The van der Waals surface area contributed by atoms with E-state index < -0.39 is 23.7 Å². The summed E-state index contributed by atoms with van der Waals surface area (Å²) in [6, 6.07) is 9.14. The molecule has 1 aliphatic rings. The van der Waals surface area contributed by atoms with Crippen LogP contribution in [0.3, 0.4) is 0 Å². The summed E-state index contributed by atoms with van der Waals surface area (Å²) >= 11 is 0. The Kier molecular flexibility index (Phi) is 7.50. The molecule has 0 spiro atoms. The number of hydrogen-bond donors (Lipinski definition) is 3. The summed E-state index contributed by atoms with van der Waals surface area (Å²) in [5.41, 5.74) is 2.38. The summed E-state index contributed by atoms with van der Waals surface area (Å²) in [4.78, 5) is 24.0. The molecule has 3 N–H and O–H groups in total. The number of aryl methyl sites for hydroxylation is 1. The minimum absolute atomic E-state index is 0.0755. The number of carbonyl (C=O) groups excluding carboxylic acids is 1. The maximum Gasteiger partial charge on any atom is 0.323 e. The van der Waals surface area contributed by atoms with Crippen LogP contribution in [-0.4, -0.2) is 23.7 Å². The zero-order valence-corrected chi connectivity index (χ0v) is 17.9. The second kappa shape index (κ2) is 10.3. The summed E-state index contributed by atoms with van der Waals surface area (Å²) in [7, 11) is 0. The number of ether oxygens (including phenoxy) is 1. The van der Waals surface area contributed by atoms with E-state index in [-0.39, 0.29) is 11.6 Å². The number of unbranched alkanes of at least 4 members (excludes halogenated alkanes) is 1. The third kappa shape index (κ3) is 5.75. The van der Waals surface area contributed by atoms with Crippen molar-refractivity contribution >= 4 is 23.4 Å². The van der Waals surface area contributed by atoms with Crippen molar-refractivity contribution in [2.75, 3.05) is 17.2 Å². The van der Waals surface area contributed by atoms with Gasteiger partial charge in [0.05, 0.1) is 23.9 Å². The molecular formula is C24H29FN2O4. The topological polar surface area (TPSA) is 87.7 Å². The molecule has 0 saturated heterocycles. The number of carboxylic acid groups (broad SMARTS) is 1. The normalized spacial score (nSPS) is 17.1. The van der Waals surface area contributed by atoms with Crippen molar-refractivity contribution in [3.05, 3.63) is 53.3 Å². The van der Waals surface area contributed by atoms with E-state index in [0.29, 0.717) is 24.5 Å². The fourth-order valence-corrected chi connectivity index (χ4v) is 3.62. The molecule has 2 amide bonds. The first-order chi connectivity index (χ1) is 14.9. The SMILES string of the molecule is CCCCc1cc([C@H]2C[C@H]2C(=O)O)cc(NC(=O)Nc2ccccc2F)c1OCCC. The third-order valence-electron chi connectivity index (χ3n) is 5.34. The lowest BCUT2D eigenvalue weighted by Gasteiger charge is -2.19. The number of rotatable bonds is 10. The highest BCUT2D eigenvalue weighted by Gasteiger charge is 2.44. The van der Waals surface area contributed by atoms with E-state index in [1.807, 2.05) is 13.0 Å². The molecule has 0 radical (unpaired) electrons. The Hall–Kier alpha value is -3.09. The molecule has 1 saturated carbocycles. The number of para-hydroxylation sites is 1. The predicted molar refractivity (Wildman–Crippen MR) is 118 cm³/mol. The first-order valence-corrected chi connectivity index (χ1v) is 10.8. The fraction of sp³-hybridized carbons (Fsp3) is 0.417. The molecule has 2 aromatic rings. The zero-order valence-electron chi connectivity index (χ0n) is 17.9. The molecule has 1 fully saturated rings. The highest BCUT2D eigenvalue weighted by Crippen LogP contribution is 2.49. The Balaban J connectivity index is 1.91. The van der Waals surface area contributed by atoms with Gasteiger partial charge in [0.2, 0.25) is 0 Å². The van der Waals surface area contributed by atoms with Gasteiger partial charge in [0, 0.05) is 0 Å². The van der Waals surface area contributed by atoms with E-state index in [1.54, 1.807) is 18.2 Å². The molecule has 0 heterocycles. The second-order valence-electron chi connectivity index (χ2n) is 7.85. The van der Waals surface area contributed by atoms with Crippen LogP contribution in [0, 0.1) is 11.7 Å². The van der Waals surface area contributed by atoms with Gasteiger partial charge >= 0.3 is 12.0 Å². The van der Waals surface area contributed by atoms with E-state index in [1.165, 1.54) is 12.1 Å². The minimum atomic E-state index is -0.807. The van der Waals surface area contributed by atoms with Crippen LogP contribution < -0.4 is 15.4 Å². The van der Waals surface area contributed by atoms with Crippen molar-refractivity contribution in [2.45, 2.75) is 51.9 Å². The van der Waals surface area contributed by atoms with Gasteiger partial charge in [-0.2, -0.15) is 0 Å². The van der Waals surface area contributed by atoms with Crippen LogP contribution in [0.1, 0.15) is 56.6 Å². The van der Waals surface area contributed by atoms with E-state index in [4.69, 9.17) is 4.74 Å². The Morgan fingerprint density at radius 2 is 1.87 bits per heavy atom. The van der Waals surface area contributed by atoms with Crippen LogP contribution in [0.2, 0.25) is 0 Å². The van der Waals surface area contributed by atoms with Gasteiger partial charge in [-0.05, 0) is 60.9 Å². The smallest absolute Gasteiger partial charge is 0.323 e. The maximum absolute atomic E-state index is 13.9. The van der Waals surface area contributed by atoms with Gasteiger partial charge in [-0.3, -0.25) is 4.79 Å². The standard InChI is InChI=1S/C24H29FN2O4/c1-3-5-8-15-12-16(17-14-18(17)23(28)29)13-21(22(15)31-11-4-2)27-24(30)26-20-10-7-6-9-19(20)25/h6-7,9-10,12-13,17-18H,3-5,8,11,14H2,1-2H3,(H,28,29)(H2,26,27,30)/t17-,18-/m1/s1. The van der Waals surface area contributed by atoms with Gasteiger partial charge in [-0.15, -0.1) is 0 Å². The molecule has 2 atom stereocenters. The van der Waals surface area contributed by atoms with Crippen molar-refractivity contribution in [1.29, 1.82) is 0 Å². The van der Waals surface area contributed by atoms with Gasteiger partial charge < -0.3 is 20.5 Å². The molecule has 6 nitrogen and oxygen atoms in total. The first-order valence-electron chi connectivity index (χ1n) is 10.8. The number of anilines is 2. The highest BCUT2D eigenvalue weighted by molar-refractivity contribution is 6.01. The average molecular weight is 429 g/mol. The lowest BCUT2D eigenvalue weighted by atomic mass is 9.99. The summed E-state index contributed by atoms with van der Waals surface area (Å²) in [6.45, 7) is 4.59. The van der Waals surface area contributed by atoms with Crippen molar-refractivity contribution in [2.24, 2.45) is 5.92 Å². The molecule has 31 heavy (non-hydrogen) atoms. The van der Waals surface area contributed by atoms with Crippen molar-refractivity contribution in [1.82, 2.24) is 0 Å². The number of halogens is 1. The minimum Gasteiger partial charge on any atom is -0.491 e. The first kappa shape index (κ1) is 22.6. The number of benzene rings is 2. The molecule has 0 aliphatic heterocycles. The van der Waals surface area contributed by atoms with E-state index in [9.17, 15) is 19.1 Å². The largest absolute Gasteiger partial charge is 0.491 e. The number of nitrogens with one attached hydrogen (secondary N) is 2. The summed E-state index contributed by atoms with van der Waals surface area (Å²) < 4.78 is 19.9. The Morgan fingerprint density at radius 1 is 1.13 bits per heavy atom. The number of carboxylic acids is 1. The van der Waals surface area contributed by atoms with Gasteiger partial charge in [0.1, 0.15) is 11.6 Å². The van der Waals surface area contributed by atoms with Gasteiger partial charge in [-0.25, -0.2) is 9.18 Å². The van der Waals surface area contributed by atoms with Crippen molar-refractivity contribution in [3.8, 4) is 5.75 Å². The lowest BCUT2D eigenvalue weighted by molar-refractivity contribution is -0.138. The summed E-state index contributed by atoms with van der Waals surface area (Å²) in [6.07, 6.45) is 4.09. The van der Waals surface area contributed by atoms with Gasteiger partial charge in [0.15, 0.2) is 0 Å². The molecule has 166 valence electrons. The van der Waals surface area contributed by atoms with Crippen molar-refractivity contribution < 1.29 is 23.8 Å². The number of hydrogen-bond acceptors (Lipinski definition) is 3. The lowest BCUT2D eigenvalue weighted by Crippen LogP contribution is -2.21. The van der Waals surface area contributed by atoms with Crippen molar-refractivity contribution in [3.63, 3.8) is 0 Å². The Bertz CT molecular complexity index is 947. The monoisotopic (exact) mass is 428 g/mol. The fourth-order valence-electron chi connectivity index (χ4n) is 3.62. The molecule has 0 unspecified atom stereocenters. The van der Waals surface area contributed by atoms with Crippen LogP contribution in [-0.2, 0) is 11.2 Å². The zero-order chi connectivity index (χ0) is 22.4. The van der Waals surface area contributed by atoms with Gasteiger partial charge in [-0.1, -0.05) is 38.5 Å². The Morgan fingerprint density at radius 3 is 2.52 bits per heavy atom. The van der Waals surface area contributed by atoms with E-state index in [0.717, 1.165) is 36.8 Å². The second-order valence-corrected chi connectivity index (χ2v) is 7.85. The number of urea groups is 1. The van der Waals surface area contributed by atoms with Gasteiger partial charge in [0.25, 0.3) is 0 Å². The maximum atomic E-state index is 13.9. The van der Waals surface area contributed by atoms with Crippen LogP contribution in [0.5, 0.6) is 5.75 Å². The molecule has 1 aliphatic carbocycles. The Labute approximate surface area is 181 Å². The average Bonchev–Trinajstić information content (AvgIpc) is 3.54. The number of aliphatic carboxylic acids is 1. The molecule has 7 heteroatoms. The molecular weight excluding hydrogens is 399 g/mol. The quantitative estimate of drug-likeness (QED) is 0.447. The van der Waals surface area contributed by atoms with Crippen LogP contribution in [0.15, 0.2) is 36.4 Å². The van der Waals surface area contributed by atoms with Crippen LogP contribution in [0.4, 0.5) is 20.6 Å². The molecule has 3 rings (SSSR count). The molecule has 0 bridgehead atoms. The highest BCUT2D eigenvalue weighted by atomic mass is 19.1.